The van der Waals surface area contributed by atoms with Crippen LogP contribution in [0.3, 0.4) is 0 Å². The van der Waals surface area contributed by atoms with E-state index in [1.54, 1.807) is 16.8 Å². The average Bonchev–Trinajstić information content (AvgIpc) is 3.34. The van der Waals surface area contributed by atoms with Crippen molar-refractivity contribution >= 4 is 22.7 Å². The molecule has 6 nitrogen and oxygen atoms in total. The summed E-state index contributed by atoms with van der Waals surface area (Å²) in [7, 11) is 1.86. The van der Waals surface area contributed by atoms with Crippen LogP contribution in [0.15, 0.2) is 99.1 Å². The van der Waals surface area contributed by atoms with Crippen molar-refractivity contribution in [1.82, 2.24) is 14.0 Å². The Labute approximate surface area is 229 Å². The Bertz CT molecular complexity index is 1810. The molecule has 0 unspecified atom stereocenters. The summed E-state index contributed by atoms with van der Waals surface area (Å²) in [5.41, 5.74) is 6.73. The summed E-state index contributed by atoms with van der Waals surface area (Å²) in [5.74, 6) is -0.296. The fourth-order valence-corrected chi connectivity index (χ4v) is 5.89. The van der Waals surface area contributed by atoms with Crippen molar-refractivity contribution in [2.24, 2.45) is 17.1 Å². The Morgan fingerprint density at radius 2 is 1.62 bits per heavy atom. The Balaban J connectivity index is 1.58. The lowest BCUT2D eigenvalue weighted by Crippen LogP contribution is -2.20. The highest BCUT2D eigenvalue weighted by atomic mass is 32.1. The fraction of sp³-hybridized carbons (Fsp3) is 0.194. The van der Waals surface area contributed by atoms with E-state index < -0.39 is 0 Å². The van der Waals surface area contributed by atoms with Crippen LogP contribution < -0.4 is 10.4 Å². The van der Waals surface area contributed by atoms with E-state index in [0.29, 0.717) is 10.5 Å². The maximum absolute atomic E-state index is 13.8. The third-order valence-electron chi connectivity index (χ3n) is 7.22. The van der Waals surface area contributed by atoms with E-state index in [-0.39, 0.29) is 11.4 Å². The highest BCUT2D eigenvalue weighted by Crippen LogP contribution is 2.25. The van der Waals surface area contributed by atoms with Crippen LogP contribution in [0.1, 0.15) is 36.1 Å². The normalized spacial score (nSPS) is 14.9. The predicted octanol–water partition coefficient (Wildman–Crippen LogP) is 6.36. The minimum atomic E-state index is -0.296. The summed E-state index contributed by atoms with van der Waals surface area (Å²) in [4.78, 5) is 19.1. The van der Waals surface area contributed by atoms with Crippen LogP contribution in [0.4, 0.5) is 10.1 Å². The molecule has 1 aliphatic carbocycles. The minimum Gasteiger partial charge on any atom is -0.283 e. The summed E-state index contributed by atoms with van der Waals surface area (Å²) in [6.07, 6.45) is 4.01. The van der Waals surface area contributed by atoms with Gasteiger partial charge in [0.05, 0.1) is 22.8 Å². The maximum Gasteiger partial charge on any atom is 0.297 e. The van der Waals surface area contributed by atoms with Crippen LogP contribution in [0.25, 0.3) is 16.9 Å². The van der Waals surface area contributed by atoms with E-state index in [4.69, 9.17) is 10.1 Å². The van der Waals surface area contributed by atoms with Gasteiger partial charge in [-0.05, 0) is 74.6 Å². The number of benzene rings is 3. The summed E-state index contributed by atoms with van der Waals surface area (Å²) >= 11 is 1.41. The third-order valence-corrected chi connectivity index (χ3v) is 8.03. The fourth-order valence-electron chi connectivity index (χ4n) is 5.06. The molecule has 0 bridgehead atoms. The molecule has 2 aromatic heterocycles. The first-order valence-electron chi connectivity index (χ1n) is 13.0. The van der Waals surface area contributed by atoms with Gasteiger partial charge in [-0.15, -0.1) is 11.3 Å². The molecule has 196 valence electrons. The number of hydrogen-bond donors (Lipinski definition) is 0. The summed E-state index contributed by atoms with van der Waals surface area (Å²) in [6, 6.07) is 24.3. The molecule has 3 aromatic carbocycles. The molecule has 0 radical (unpaired) electrons. The standard InChI is InChI=1S/C31H28FN5OS/c1-21-29(30(38)37(35(21)2)25-12-4-3-5-13-25)33-31-36(28(20-39-31)23-16-18-24(32)19-17-23)34-27-15-9-7-11-22-10-6-8-14-26(22)27/h3-6,8,10,12-14,16-20H,7,9,11,15H2,1-2H3. The van der Waals surface area contributed by atoms with Gasteiger partial charge >= 0.3 is 0 Å². The zero-order valence-electron chi connectivity index (χ0n) is 21.8. The van der Waals surface area contributed by atoms with Gasteiger partial charge in [-0.2, -0.15) is 5.10 Å². The molecule has 0 spiro atoms. The summed E-state index contributed by atoms with van der Waals surface area (Å²) in [6.45, 7) is 1.89. The lowest BCUT2D eigenvalue weighted by atomic mass is 10.0. The van der Waals surface area contributed by atoms with Gasteiger partial charge in [-0.3, -0.25) is 9.48 Å². The molecule has 1 aliphatic rings. The smallest absolute Gasteiger partial charge is 0.283 e. The Morgan fingerprint density at radius 3 is 2.41 bits per heavy atom. The second kappa shape index (κ2) is 10.5. The zero-order valence-corrected chi connectivity index (χ0v) is 22.7. The Morgan fingerprint density at radius 1 is 0.897 bits per heavy atom. The van der Waals surface area contributed by atoms with E-state index in [1.165, 1.54) is 29.0 Å². The van der Waals surface area contributed by atoms with Gasteiger partial charge in [0.25, 0.3) is 5.56 Å². The van der Waals surface area contributed by atoms with Crippen molar-refractivity contribution in [2.45, 2.75) is 32.6 Å². The van der Waals surface area contributed by atoms with Crippen molar-refractivity contribution < 1.29 is 4.39 Å². The largest absolute Gasteiger partial charge is 0.297 e. The van der Waals surface area contributed by atoms with Crippen molar-refractivity contribution in [3.05, 3.63) is 122 Å². The van der Waals surface area contributed by atoms with Crippen LogP contribution in [0.5, 0.6) is 0 Å². The minimum absolute atomic E-state index is 0.197. The first kappa shape index (κ1) is 25.0. The number of para-hydroxylation sites is 1. The molecule has 0 aliphatic heterocycles. The van der Waals surface area contributed by atoms with E-state index in [1.807, 2.05) is 65.1 Å². The third kappa shape index (κ3) is 4.72. The topological polar surface area (TPSA) is 56.6 Å². The van der Waals surface area contributed by atoms with Gasteiger partial charge in [0.1, 0.15) is 5.82 Å². The molecule has 0 N–H and O–H groups in total. The van der Waals surface area contributed by atoms with Gasteiger partial charge in [0, 0.05) is 23.6 Å². The van der Waals surface area contributed by atoms with E-state index >= 15 is 0 Å². The highest BCUT2D eigenvalue weighted by molar-refractivity contribution is 7.07. The van der Waals surface area contributed by atoms with Crippen LogP contribution in [0, 0.1) is 12.7 Å². The second-order valence-electron chi connectivity index (χ2n) is 9.66. The second-order valence-corrected chi connectivity index (χ2v) is 10.5. The summed E-state index contributed by atoms with van der Waals surface area (Å²) in [5, 5.41) is 7.13. The van der Waals surface area contributed by atoms with Crippen molar-refractivity contribution in [3.63, 3.8) is 0 Å². The van der Waals surface area contributed by atoms with E-state index in [0.717, 1.165) is 59.6 Å². The van der Waals surface area contributed by atoms with Gasteiger partial charge in [0.15, 0.2) is 5.69 Å². The van der Waals surface area contributed by atoms with Crippen molar-refractivity contribution in [1.29, 1.82) is 0 Å². The number of thiazole rings is 1. The van der Waals surface area contributed by atoms with E-state index in [9.17, 15) is 9.18 Å². The van der Waals surface area contributed by atoms with Crippen molar-refractivity contribution in [2.75, 3.05) is 0 Å². The lowest BCUT2D eigenvalue weighted by molar-refractivity contribution is 0.628. The molecule has 0 atom stereocenters. The van der Waals surface area contributed by atoms with Crippen molar-refractivity contribution in [3.8, 4) is 16.9 Å². The van der Waals surface area contributed by atoms with Gasteiger partial charge in [-0.25, -0.2) is 18.7 Å². The number of aryl methyl sites for hydroxylation is 1. The first-order chi connectivity index (χ1) is 19.0. The van der Waals surface area contributed by atoms with Crippen LogP contribution >= 0.6 is 11.3 Å². The quantitative estimate of drug-likeness (QED) is 0.246. The highest BCUT2D eigenvalue weighted by Gasteiger charge is 2.19. The monoisotopic (exact) mass is 537 g/mol. The van der Waals surface area contributed by atoms with Gasteiger partial charge < -0.3 is 0 Å². The number of aromatic nitrogens is 3. The maximum atomic E-state index is 13.8. The number of fused-ring (bicyclic) bond motifs is 1. The van der Waals surface area contributed by atoms with Crippen LogP contribution in [-0.2, 0) is 13.5 Å². The number of nitrogens with zero attached hydrogens (tertiary/aromatic N) is 5. The SMILES string of the molecule is Cc1c(N=c2scc(-c3ccc(F)cc3)n2N=C2CCCCc3ccccc32)c(=O)n(-c2ccccc2)n1C. The van der Waals surface area contributed by atoms with Crippen LogP contribution in [-0.4, -0.2) is 19.8 Å². The summed E-state index contributed by atoms with van der Waals surface area (Å²) < 4.78 is 19.0. The zero-order chi connectivity index (χ0) is 26.9. The Hall–Kier alpha value is -4.30. The molecule has 0 amide bonds. The molecule has 39 heavy (non-hydrogen) atoms. The molecule has 0 saturated carbocycles. The number of halogens is 1. The van der Waals surface area contributed by atoms with Crippen LogP contribution in [0.2, 0.25) is 0 Å². The molecular formula is C31H28FN5OS. The van der Waals surface area contributed by atoms with E-state index in [2.05, 4.69) is 18.2 Å². The molecule has 0 fully saturated rings. The molecule has 8 heteroatoms. The predicted molar refractivity (Wildman–Crippen MR) is 155 cm³/mol. The number of rotatable bonds is 4. The molecule has 6 rings (SSSR count). The average molecular weight is 538 g/mol. The molecular weight excluding hydrogens is 509 g/mol. The molecule has 2 heterocycles. The number of hydrogen-bond acceptors (Lipinski definition) is 4. The molecule has 5 aromatic rings. The first-order valence-corrected chi connectivity index (χ1v) is 13.9. The Kier molecular flexibility index (Phi) is 6.70. The van der Waals surface area contributed by atoms with Gasteiger partial charge in [0.2, 0.25) is 4.80 Å². The van der Waals surface area contributed by atoms with Gasteiger partial charge in [-0.1, -0.05) is 42.5 Å². The lowest BCUT2D eigenvalue weighted by Gasteiger charge is -2.10. The molecule has 0 saturated heterocycles.